The van der Waals surface area contributed by atoms with E-state index in [1.54, 1.807) is 28.4 Å². The molecule has 2 unspecified atom stereocenters. The van der Waals surface area contributed by atoms with Gasteiger partial charge in [-0.2, -0.15) is 0 Å². The first-order chi connectivity index (χ1) is 33.5. The molecule has 0 spiro atoms. The van der Waals surface area contributed by atoms with Gasteiger partial charge in [0.15, 0.2) is 0 Å². The summed E-state index contributed by atoms with van der Waals surface area (Å²) in [7, 11) is 6.77. The Hall–Kier alpha value is -8.62. The highest BCUT2D eigenvalue weighted by atomic mass is 16.5. The Morgan fingerprint density at radius 3 is 1.31 bits per heavy atom. The van der Waals surface area contributed by atoms with Gasteiger partial charge in [0, 0.05) is 33.9 Å². The number of aromatic amines is 2. The van der Waals surface area contributed by atoms with Crippen LogP contribution in [0, 0.1) is 0 Å². The average Bonchev–Trinajstić information content (AvgIpc) is 4.27. The minimum atomic E-state index is -0.949. The van der Waals surface area contributed by atoms with Gasteiger partial charge in [0.25, 0.3) is 0 Å². The van der Waals surface area contributed by atoms with E-state index < -0.39 is 10.8 Å². The van der Waals surface area contributed by atoms with Crippen LogP contribution in [0.2, 0.25) is 0 Å². The van der Waals surface area contributed by atoms with Crippen molar-refractivity contribution in [2.24, 2.45) is 9.98 Å². The van der Waals surface area contributed by atoms with E-state index in [0.29, 0.717) is 0 Å². The summed E-state index contributed by atoms with van der Waals surface area (Å²) in [5.41, 5.74) is 13.0. The summed E-state index contributed by atoms with van der Waals surface area (Å²) in [6, 6.07) is 63.3. The third-order valence-electron chi connectivity index (χ3n) is 13.5. The maximum Gasteiger partial charge on any atom is 0.118 e. The fourth-order valence-electron chi connectivity index (χ4n) is 10.2. The smallest absolute Gasteiger partial charge is 0.118 e. The van der Waals surface area contributed by atoms with Gasteiger partial charge in [-0.05, 0) is 130 Å². The van der Waals surface area contributed by atoms with Gasteiger partial charge in [0.05, 0.1) is 51.3 Å². The zero-order valence-corrected chi connectivity index (χ0v) is 38.2. The molecule has 68 heavy (non-hydrogen) atoms. The molecule has 0 amide bonds. The van der Waals surface area contributed by atoms with Crippen LogP contribution in [0.3, 0.4) is 0 Å². The molecule has 2 atom stereocenters. The molecule has 3 aliphatic rings. The summed E-state index contributed by atoms with van der Waals surface area (Å²) < 4.78 is 22.8. The van der Waals surface area contributed by atoms with E-state index in [2.05, 4.69) is 168 Å². The minimum absolute atomic E-state index is 0.762. The second kappa shape index (κ2) is 17.3. The van der Waals surface area contributed by atoms with Gasteiger partial charge in [0.1, 0.15) is 33.8 Å². The topological polar surface area (TPSA) is 93.2 Å². The maximum absolute atomic E-state index is 5.75. The van der Waals surface area contributed by atoms with E-state index in [1.807, 2.05) is 48.5 Å². The minimum Gasteiger partial charge on any atom is -0.497 e. The SMILES string of the molecule is COc1ccc(/C2=C3\C=CC(=N3)C(c3ccccc3)(c3ccc(OC)cc3)c3ccc([nH]3)C(c3ccccc3)(c3ccc(OC)cc3)c3ccc([nH]3)/C(c3ccc(OC)cc3)=C3/C=CC2=N3)cc1. The second-order valence-electron chi connectivity index (χ2n) is 16.9. The monoisotopic (exact) mass is 888 g/mol. The quantitative estimate of drug-likeness (QED) is 0.143. The first-order valence-corrected chi connectivity index (χ1v) is 22.6. The third kappa shape index (κ3) is 6.83. The van der Waals surface area contributed by atoms with Crippen LogP contribution in [0.5, 0.6) is 23.0 Å². The Balaban J connectivity index is 1.30. The standard InChI is InChI=1S/C60H48N4O4/c1-65-45-23-15-39(16-24-45)57-49-31-32-50(61-49)58(40-17-25-46(66-2)26-18-40)52-34-36-54(63-52)60(42-13-9-6-10-14-42,44-21-29-48(68-4)30-22-44)56-38-37-55(64-56)59(41-11-7-5-8-12-41,53-35-33-51(57)62-53)43-19-27-47(67-3)28-20-43/h5-38,62,64H,1-4H3/b57-49-,58-52-. The third-order valence-corrected chi connectivity index (χ3v) is 13.5. The van der Waals surface area contributed by atoms with Crippen LogP contribution < -0.4 is 18.9 Å². The van der Waals surface area contributed by atoms with Crippen LogP contribution in [0.25, 0.3) is 11.1 Å². The first-order valence-electron chi connectivity index (χ1n) is 22.6. The number of hydrogen-bond donors (Lipinski definition) is 2. The largest absolute Gasteiger partial charge is 0.497 e. The van der Waals surface area contributed by atoms with Crippen molar-refractivity contribution in [1.82, 2.24) is 9.97 Å². The molecule has 0 aliphatic carbocycles. The van der Waals surface area contributed by atoms with Crippen molar-refractivity contribution in [2.45, 2.75) is 10.8 Å². The predicted molar refractivity (Wildman–Crippen MR) is 271 cm³/mol. The summed E-state index contributed by atoms with van der Waals surface area (Å²) in [6.07, 6.45) is 8.50. The van der Waals surface area contributed by atoms with Crippen molar-refractivity contribution in [3.63, 3.8) is 0 Å². The lowest BCUT2D eigenvalue weighted by Gasteiger charge is -2.36. The fourth-order valence-corrected chi connectivity index (χ4v) is 10.2. The van der Waals surface area contributed by atoms with Gasteiger partial charge >= 0.3 is 0 Å². The van der Waals surface area contributed by atoms with Gasteiger partial charge in [-0.1, -0.05) is 109 Å². The van der Waals surface area contributed by atoms with Crippen LogP contribution in [0.15, 0.2) is 228 Å². The molecule has 0 saturated carbocycles. The average molecular weight is 889 g/mol. The van der Waals surface area contributed by atoms with Crippen molar-refractivity contribution in [1.29, 1.82) is 0 Å². The van der Waals surface area contributed by atoms with Crippen molar-refractivity contribution < 1.29 is 18.9 Å². The van der Waals surface area contributed by atoms with Crippen molar-refractivity contribution in [2.75, 3.05) is 28.4 Å². The molecule has 6 aromatic carbocycles. The van der Waals surface area contributed by atoms with E-state index in [9.17, 15) is 0 Å². The van der Waals surface area contributed by atoms with Crippen LogP contribution in [-0.4, -0.2) is 49.8 Å². The Morgan fingerprint density at radius 1 is 0.353 bits per heavy atom. The number of aromatic nitrogens is 2. The van der Waals surface area contributed by atoms with E-state index in [0.717, 1.165) is 113 Å². The van der Waals surface area contributed by atoms with E-state index in [1.165, 1.54) is 0 Å². The number of nitrogens with one attached hydrogen (secondary N) is 2. The predicted octanol–water partition coefficient (Wildman–Crippen LogP) is 12.3. The molecule has 3 aliphatic heterocycles. The number of benzene rings is 6. The Kier molecular flexibility index (Phi) is 10.7. The highest BCUT2D eigenvalue weighted by Gasteiger charge is 2.47. The molecule has 8 nitrogen and oxygen atoms in total. The molecule has 2 N–H and O–H groups in total. The molecule has 332 valence electrons. The van der Waals surface area contributed by atoms with Crippen LogP contribution in [-0.2, 0) is 10.8 Å². The lowest BCUT2D eigenvalue weighted by Crippen LogP contribution is -2.38. The van der Waals surface area contributed by atoms with Crippen molar-refractivity contribution in [3.8, 4) is 23.0 Å². The number of allylic oxidation sites excluding steroid dienone is 5. The van der Waals surface area contributed by atoms with Gasteiger partial charge in [-0.3, -0.25) is 4.99 Å². The zero-order chi connectivity index (χ0) is 46.2. The lowest BCUT2D eigenvalue weighted by molar-refractivity contribution is 0.414. The van der Waals surface area contributed by atoms with E-state index in [-0.39, 0.29) is 0 Å². The maximum atomic E-state index is 5.75. The normalized spacial score (nSPS) is 20.5. The number of rotatable bonds is 10. The lowest BCUT2D eigenvalue weighted by atomic mass is 9.68. The zero-order valence-electron chi connectivity index (χ0n) is 38.2. The Morgan fingerprint density at radius 2 is 0.765 bits per heavy atom. The van der Waals surface area contributed by atoms with Crippen LogP contribution >= 0.6 is 0 Å². The highest BCUT2D eigenvalue weighted by Crippen LogP contribution is 2.49. The van der Waals surface area contributed by atoms with Crippen LogP contribution in [0.1, 0.15) is 56.2 Å². The fraction of sp³-hybridized carbons (Fsp3) is 0.100. The van der Waals surface area contributed by atoms with Crippen molar-refractivity contribution in [3.05, 3.63) is 274 Å². The number of aliphatic imine (C=N–C) groups is 2. The van der Waals surface area contributed by atoms with Crippen molar-refractivity contribution >= 4 is 22.6 Å². The molecule has 0 radical (unpaired) electrons. The molecule has 0 saturated heterocycles. The van der Waals surface area contributed by atoms with E-state index in [4.69, 9.17) is 28.9 Å². The summed E-state index contributed by atoms with van der Waals surface area (Å²) in [4.78, 5) is 19.5. The summed E-state index contributed by atoms with van der Waals surface area (Å²) in [5.74, 6) is 3.06. The van der Waals surface area contributed by atoms with Crippen LogP contribution in [0.4, 0.5) is 0 Å². The summed E-state index contributed by atoms with van der Waals surface area (Å²) in [6.45, 7) is 0. The molecular formula is C60H48N4O4. The highest BCUT2D eigenvalue weighted by molar-refractivity contribution is 6.32. The Bertz CT molecular complexity index is 3340. The number of hydrogen-bond acceptors (Lipinski definition) is 6. The first kappa shape index (κ1) is 42.0. The molecular weight excluding hydrogens is 841 g/mol. The molecule has 0 fully saturated rings. The summed E-state index contributed by atoms with van der Waals surface area (Å²) in [5, 5.41) is 0. The van der Waals surface area contributed by atoms with Gasteiger partial charge in [0.2, 0.25) is 0 Å². The number of nitrogens with zero attached hydrogens (tertiary/aromatic N) is 2. The molecule has 5 heterocycles. The van der Waals surface area contributed by atoms with Gasteiger partial charge in [-0.15, -0.1) is 0 Å². The number of methoxy groups -OCH3 is 4. The molecule has 2 aromatic heterocycles. The van der Waals surface area contributed by atoms with Gasteiger partial charge in [-0.25, -0.2) is 4.99 Å². The Labute approximate surface area is 396 Å². The number of H-pyrrole nitrogens is 2. The molecule has 8 aromatic rings. The van der Waals surface area contributed by atoms with Gasteiger partial charge < -0.3 is 28.9 Å². The second-order valence-corrected chi connectivity index (χ2v) is 16.9. The summed E-state index contributed by atoms with van der Waals surface area (Å²) >= 11 is 0. The molecule has 8 bridgehead atoms. The molecule has 11 rings (SSSR count). The number of ether oxygens (including phenoxy) is 4. The number of fused-ring (bicyclic) bond motifs is 6. The molecule has 8 heteroatoms. The van der Waals surface area contributed by atoms with E-state index >= 15 is 0 Å².